The molecule has 8 fully saturated rings. The molecule has 0 saturated heterocycles. The molecule has 0 atom stereocenters. The summed E-state index contributed by atoms with van der Waals surface area (Å²) in [7, 11) is 0. The zero-order valence-corrected chi connectivity index (χ0v) is 6.93. The molecule has 12 heavy (non-hydrogen) atoms. The van der Waals surface area contributed by atoms with Gasteiger partial charge >= 0.3 is 0 Å². The lowest BCUT2D eigenvalue weighted by Gasteiger charge is -2.59. The lowest BCUT2D eigenvalue weighted by Crippen LogP contribution is -2.56. The molecule has 0 aromatic carbocycles. The Kier molecular flexibility index (Phi) is 0.178. The Hall–Kier alpha value is 0. The maximum absolute atomic E-state index is 5.00. The summed E-state index contributed by atoms with van der Waals surface area (Å²) in [5.74, 6) is 16.0. The molecule has 0 bridgehead atoms. The van der Waals surface area contributed by atoms with Crippen LogP contribution in [0.2, 0.25) is 0 Å². The Morgan fingerprint density at radius 2 is 0.417 bits per heavy atom. The monoisotopic (exact) mass is 192 g/mol. The van der Waals surface area contributed by atoms with Crippen LogP contribution < -0.4 is 0 Å². The molecule has 0 unspecified atom stereocenters. The number of rotatable bonds is 0. The molecule has 0 N–H and O–H groups in total. The Morgan fingerprint density at radius 3 is 0.500 bits per heavy atom. The highest BCUT2D eigenvalue weighted by Gasteiger charge is 2.98. The summed E-state index contributed by atoms with van der Waals surface area (Å²) in [4.78, 5) is 0. The summed E-state index contributed by atoms with van der Waals surface area (Å²) in [6.45, 7) is 0. The van der Waals surface area contributed by atoms with Gasteiger partial charge < -0.3 is 0 Å². The van der Waals surface area contributed by atoms with E-state index >= 15 is 0 Å². The van der Waals surface area contributed by atoms with E-state index in [1.165, 1.54) is 71.0 Å². The van der Waals surface area contributed by atoms with Gasteiger partial charge in [0.15, 0.2) is 0 Å². The highest BCUT2D eigenvalue weighted by Crippen LogP contribution is 3.01. The molecule has 0 heteroatoms. The third kappa shape index (κ3) is 0.156. The summed E-state index contributed by atoms with van der Waals surface area (Å²) >= 11 is 0. The van der Waals surface area contributed by atoms with E-state index in [1.54, 1.807) is 0 Å². The van der Waals surface area contributed by atoms with Gasteiger partial charge in [0.25, 0.3) is 0 Å². The van der Waals surface area contributed by atoms with E-state index in [-0.39, 0.29) is 0 Å². The molecule has 0 aliphatic heterocycles. The zero-order chi connectivity index (χ0) is 18.9. The van der Waals surface area contributed by atoms with Gasteiger partial charge in [0.2, 0.25) is 0 Å². The van der Waals surface area contributed by atoms with Gasteiger partial charge in [-0.15, -0.1) is 0 Å². The number of hydrogen-bond acceptors (Lipinski definition) is 0. The standard InChI is InChI=1S/C12H12.6H2/c1-2-5-7-8-6(9(1)10(2)8)4-3(1)11(5)12(4)7;;;;;;/h1-12H;6*1H/i;6*1+2T. The van der Waals surface area contributed by atoms with E-state index in [1.807, 2.05) is 0 Å². The summed E-state index contributed by atoms with van der Waals surface area (Å²) in [6.07, 6.45) is 0. The van der Waals surface area contributed by atoms with Crippen molar-refractivity contribution < 1.29 is 17.8 Å². The lowest BCUT2D eigenvalue weighted by atomic mass is 9.45. The van der Waals surface area contributed by atoms with Gasteiger partial charge in [0, 0.05) is 17.8 Å². The van der Waals surface area contributed by atoms with Crippen LogP contribution in [-0.2, 0) is 0 Å². The van der Waals surface area contributed by atoms with Crippen LogP contribution in [0.3, 0.4) is 0 Å². The molecule has 8 saturated carbocycles. The van der Waals surface area contributed by atoms with Crippen LogP contribution in [0.4, 0.5) is 0 Å². The van der Waals surface area contributed by atoms with Crippen LogP contribution in [-0.4, -0.2) is 0 Å². The summed E-state index contributed by atoms with van der Waals surface area (Å²) in [5, 5.41) is 0. The molecule has 8 rings (SSSR count). The smallest absolute Gasteiger partial charge is 0 e. The highest BCUT2D eigenvalue weighted by atomic mass is 15.0. The molecule has 0 spiro atoms. The largest absolute Gasteiger partial charge is 0.0312 e. The van der Waals surface area contributed by atoms with E-state index in [9.17, 15) is 0 Å². The van der Waals surface area contributed by atoms with E-state index in [0.29, 0.717) is 0 Å². The molecule has 0 amide bonds. The minimum Gasteiger partial charge on any atom is -0.0312 e. The molecule has 0 nitrogen and oxygen atoms in total. The fourth-order valence-corrected chi connectivity index (χ4v) is 8.66. The van der Waals surface area contributed by atoms with Crippen molar-refractivity contribution in [2.24, 2.45) is 71.0 Å². The molecule has 0 aromatic rings. The second-order valence-electron chi connectivity index (χ2n) is 6.93. The maximum atomic E-state index is 5.00. The summed E-state index contributed by atoms with van der Waals surface area (Å²) in [6, 6.07) is 0. The highest BCUT2D eigenvalue weighted by molar-refractivity contribution is 5.44. The minimum atomic E-state index is 1.33. The molecule has 72 valence electrons. The SMILES string of the molecule is C12C3C4C1C1C5C6C1C2C3C6C54.[3H][3H].[3H][3H].[3H][3H].[3H][3H].[3H][3H].[3H][3H]. The molecule has 8 aliphatic carbocycles. The lowest BCUT2D eigenvalue weighted by molar-refractivity contribution is -0.127. The van der Waals surface area contributed by atoms with E-state index in [4.69, 9.17) is 17.8 Å². The van der Waals surface area contributed by atoms with E-state index < -0.39 is 0 Å². The van der Waals surface area contributed by atoms with Crippen molar-refractivity contribution in [1.82, 2.24) is 0 Å². The summed E-state index contributed by atoms with van der Waals surface area (Å²) in [5.41, 5.74) is 0. The van der Waals surface area contributed by atoms with Crippen LogP contribution >= 0.6 is 0 Å². The van der Waals surface area contributed by atoms with Gasteiger partial charge in [-0.3, -0.25) is 0 Å². The average Bonchev–Trinajstić information content (AvgIpc) is 2.93. The first-order valence-corrected chi connectivity index (χ1v) is 6.00. The van der Waals surface area contributed by atoms with Crippen molar-refractivity contribution in [3.8, 4) is 0 Å². The molecule has 8 aliphatic rings. The van der Waals surface area contributed by atoms with Gasteiger partial charge in [-0.2, -0.15) is 0 Å². The molecular formula is C12H24. The van der Waals surface area contributed by atoms with Crippen molar-refractivity contribution in [3.63, 3.8) is 0 Å². The number of hydrogen-bond donors (Lipinski definition) is 0. The molecule has 0 radical (unpaired) electrons. The first kappa shape index (κ1) is 2.52. The molecule has 0 aromatic heterocycles. The second-order valence-corrected chi connectivity index (χ2v) is 6.93. The molecular weight excluding hydrogens is 144 g/mol. The van der Waals surface area contributed by atoms with Crippen molar-refractivity contribution >= 4 is 0 Å². The Bertz CT molecular complexity index is 276. The van der Waals surface area contributed by atoms with Crippen LogP contribution in [0.15, 0.2) is 0 Å². The van der Waals surface area contributed by atoms with Gasteiger partial charge in [0.1, 0.15) is 0 Å². The average molecular weight is 192 g/mol. The first-order chi connectivity index (χ1) is 12.0. The van der Waals surface area contributed by atoms with E-state index in [0.717, 1.165) is 0 Å². The van der Waals surface area contributed by atoms with Crippen LogP contribution in [0.1, 0.15) is 17.8 Å². The Labute approximate surface area is 90.2 Å². The van der Waals surface area contributed by atoms with Gasteiger partial charge in [0.05, 0.1) is 0 Å². The van der Waals surface area contributed by atoms with Crippen molar-refractivity contribution in [3.05, 3.63) is 0 Å². The summed E-state index contributed by atoms with van der Waals surface area (Å²) < 4.78 is 60.0. The van der Waals surface area contributed by atoms with Crippen molar-refractivity contribution in [1.29, 1.82) is 0 Å². The predicted octanol–water partition coefficient (Wildman–Crippen LogP) is 2.95. The Morgan fingerprint density at radius 1 is 0.333 bits per heavy atom. The topological polar surface area (TPSA) is 0 Å². The third-order valence-electron chi connectivity index (χ3n) is 8.00. The maximum Gasteiger partial charge on any atom is 0 e. The second kappa shape index (κ2) is 0.849. The van der Waals surface area contributed by atoms with Gasteiger partial charge in [-0.25, -0.2) is 0 Å². The van der Waals surface area contributed by atoms with Crippen molar-refractivity contribution in [2.45, 2.75) is 0 Å². The fourth-order valence-electron chi connectivity index (χ4n) is 8.66. The predicted molar refractivity (Wildman–Crippen MR) is 54.6 cm³/mol. The zero-order valence-electron chi connectivity index (χ0n) is 18.9. The fraction of sp³-hybridized carbons (Fsp3) is 1.00. The third-order valence-corrected chi connectivity index (χ3v) is 8.00. The van der Waals surface area contributed by atoms with Crippen LogP contribution in [0, 0.1) is 71.0 Å². The normalized spacial score (nSPS) is 112. The quantitative estimate of drug-likeness (QED) is 0.553. The minimum absolute atomic E-state index is 1.33. The first-order valence-electron chi connectivity index (χ1n) is 12.0. The van der Waals surface area contributed by atoms with Crippen molar-refractivity contribution in [2.75, 3.05) is 0 Å². The van der Waals surface area contributed by atoms with E-state index in [2.05, 4.69) is 0 Å². The van der Waals surface area contributed by atoms with Gasteiger partial charge in [-0.05, 0) is 71.0 Å². The Balaban J connectivity index is 0.000000213. The van der Waals surface area contributed by atoms with Crippen LogP contribution in [0.5, 0.6) is 0 Å². The van der Waals surface area contributed by atoms with Gasteiger partial charge in [-0.1, -0.05) is 0 Å². The van der Waals surface area contributed by atoms with Crippen LogP contribution in [0.25, 0.3) is 0 Å². The molecule has 0 heterocycles.